The van der Waals surface area contributed by atoms with E-state index in [1.165, 1.54) is 15.6 Å². The SMILES string of the molecule is COc1ccc(CC(=O)Nc2nc3ccc(S(=O)(=O)N4CCCC4)cc3s2)cc1OC. The van der Waals surface area contributed by atoms with E-state index in [4.69, 9.17) is 9.47 Å². The van der Waals surface area contributed by atoms with E-state index in [1.807, 2.05) is 0 Å². The number of thiazole rings is 1. The lowest BCUT2D eigenvalue weighted by molar-refractivity contribution is -0.115. The van der Waals surface area contributed by atoms with Gasteiger partial charge in [0.1, 0.15) is 0 Å². The highest BCUT2D eigenvalue weighted by Gasteiger charge is 2.27. The van der Waals surface area contributed by atoms with Crippen LogP contribution in [-0.4, -0.2) is 50.9 Å². The molecule has 1 aliphatic heterocycles. The highest BCUT2D eigenvalue weighted by atomic mass is 32.2. The third-order valence-electron chi connectivity index (χ3n) is 5.12. The standard InChI is InChI=1S/C21H23N3O5S2/c1-28-17-8-5-14(11-18(17)29-2)12-20(25)23-21-22-16-7-6-15(13-19(16)30-21)31(26,27)24-9-3-4-10-24/h5-8,11,13H,3-4,9-10,12H2,1-2H3,(H,22,23,25). The molecule has 10 heteroatoms. The van der Waals surface area contributed by atoms with Gasteiger partial charge in [-0.2, -0.15) is 4.31 Å². The van der Waals surface area contributed by atoms with Gasteiger partial charge in [0.15, 0.2) is 16.6 Å². The Bertz CT molecular complexity index is 1220. The van der Waals surface area contributed by atoms with Crippen molar-refractivity contribution in [3.63, 3.8) is 0 Å². The number of sulfonamides is 1. The average Bonchev–Trinajstić information content (AvgIpc) is 3.43. The zero-order valence-corrected chi connectivity index (χ0v) is 18.9. The molecule has 1 fully saturated rings. The van der Waals surface area contributed by atoms with Gasteiger partial charge in [-0.15, -0.1) is 0 Å². The summed E-state index contributed by atoms with van der Waals surface area (Å²) in [7, 11) is -0.397. The van der Waals surface area contributed by atoms with Gasteiger partial charge >= 0.3 is 0 Å². The van der Waals surface area contributed by atoms with E-state index in [0.717, 1.165) is 18.4 Å². The number of nitrogens with one attached hydrogen (secondary N) is 1. The van der Waals surface area contributed by atoms with Gasteiger partial charge in [0.05, 0.1) is 35.8 Å². The average molecular weight is 462 g/mol. The molecule has 2 heterocycles. The molecule has 1 aromatic heterocycles. The minimum Gasteiger partial charge on any atom is -0.493 e. The molecular formula is C21H23N3O5S2. The minimum atomic E-state index is -3.49. The number of carbonyl (C=O) groups excluding carboxylic acids is 1. The van der Waals surface area contributed by atoms with E-state index in [9.17, 15) is 13.2 Å². The van der Waals surface area contributed by atoms with Crippen molar-refractivity contribution in [1.82, 2.24) is 9.29 Å². The molecule has 1 saturated heterocycles. The van der Waals surface area contributed by atoms with Crippen molar-refractivity contribution in [2.24, 2.45) is 0 Å². The molecule has 0 spiro atoms. The van der Waals surface area contributed by atoms with Crippen LogP contribution in [0.1, 0.15) is 18.4 Å². The second-order valence-corrected chi connectivity index (χ2v) is 10.1. The van der Waals surface area contributed by atoms with Crippen molar-refractivity contribution in [2.45, 2.75) is 24.2 Å². The summed E-state index contributed by atoms with van der Waals surface area (Å²) in [6, 6.07) is 10.2. The van der Waals surface area contributed by atoms with Gasteiger partial charge in [0, 0.05) is 13.1 Å². The molecule has 0 unspecified atom stereocenters. The van der Waals surface area contributed by atoms with Crippen LogP contribution in [0, 0.1) is 0 Å². The van der Waals surface area contributed by atoms with Gasteiger partial charge in [0.2, 0.25) is 15.9 Å². The number of carbonyl (C=O) groups is 1. The summed E-state index contributed by atoms with van der Waals surface area (Å²) in [5.41, 5.74) is 1.42. The molecule has 0 atom stereocenters. The number of nitrogens with zero attached hydrogens (tertiary/aromatic N) is 2. The first-order chi connectivity index (χ1) is 14.9. The van der Waals surface area contributed by atoms with Gasteiger partial charge in [-0.05, 0) is 48.7 Å². The van der Waals surface area contributed by atoms with E-state index in [1.54, 1.807) is 50.6 Å². The quantitative estimate of drug-likeness (QED) is 0.580. The van der Waals surface area contributed by atoms with Gasteiger partial charge in [-0.25, -0.2) is 13.4 Å². The molecule has 0 saturated carbocycles. The highest BCUT2D eigenvalue weighted by Crippen LogP contribution is 2.31. The van der Waals surface area contributed by atoms with E-state index in [0.29, 0.717) is 39.9 Å². The number of aromatic nitrogens is 1. The first-order valence-corrected chi connectivity index (χ1v) is 12.1. The summed E-state index contributed by atoms with van der Waals surface area (Å²) < 4.78 is 38.3. The van der Waals surface area contributed by atoms with Gasteiger partial charge in [-0.1, -0.05) is 17.4 Å². The lowest BCUT2D eigenvalue weighted by Crippen LogP contribution is -2.27. The number of ether oxygens (including phenoxy) is 2. The molecular weight excluding hydrogens is 438 g/mol. The fourth-order valence-corrected chi connectivity index (χ4v) is 6.08. The largest absolute Gasteiger partial charge is 0.493 e. The zero-order chi connectivity index (χ0) is 22.0. The van der Waals surface area contributed by atoms with Crippen LogP contribution in [0.4, 0.5) is 5.13 Å². The molecule has 4 rings (SSSR count). The van der Waals surface area contributed by atoms with E-state index in [-0.39, 0.29) is 17.2 Å². The topological polar surface area (TPSA) is 97.8 Å². The molecule has 0 bridgehead atoms. The predicted octanol–water partition coefficient (Wildman–Crippen LogP) is 3.28. The van der Waals surface area contributed by atoms with Crippen molar-refractivity contribution in [3.05, 3.63) is 42.0 Å². The van der Waals surface area contributed by atoms with E-state index < -0.39 is 10.0 Å². The fourth-order valence-electron chi connectivity index (χ4n) is 3.54. The van der Waals surface area contributed by atoms with Crippen LogP contribution in [-0.2, 0) is 21.2 Å². The van der Waals surface area contributed by atoms with Crippen molar-refractivity contribution < 1.29 is 22.7 Å². The van der Waals surface area contributed by atoms with Crippen molar-refractivity contribution >= 4 is 42.6 Å². The number of amides is 1. The Hall–Kier alpha value is -2.69. The molecule has 0 radical (unpaired) electrons. The molecule has 3 aromatic rings. The van der Waals surface area contributed by atoms with Gasteiger partial charge in [-0.3, -0.25) is 4.79 Å². The number of methoxy groups -OCH3 is 2. The molecule has 2 aromatic carbocycles. The fraction of sp³-hybridized carbons (Fsp3) is 0.333. The Labute approximate surface area is 184 Å². The maximum absolute atomic E-state index is 12.8. The zero-order valence-electron chi connectivity index (χ0n) is 17.3. The second-order valence-electron chi connectivity index (χ2n) is 7.17. The van der Waals surface area contributed by atoms with Gasteiger partial charge in [0.25, 0.3) is 0 Å². The van der Waals surface area contributed by atoms with Crippen LogP contribution in [0.25, 0.3) is 10.2 Å². The maximum Gasteiger partial charge on any atom is 0.243 e. The monoisotopic (exact) mass is 461 g/mol. The van der Waals surface area contributed by atoms with Gasteiger partial charge < -0.3 is 14.8 Å². The number of anilines is 1. The van der Waals surface area contributed by atoms with Crippen LogP contribution in [0.3, 0.4) is 0 Å². The maximum atomic E-state index is 12.8. The Morgan fingerprint density at radius 1 is 1.10 bits per heavy atom. The summed E-state index contributed by atoms with van der Waals surface area (Å²) >= 11 is 1.25. The Balaban J connectivity index is 1.49. The van der Waals surface area contributed by atoms with Crippen molar-refractivity contribution in [3.8, 4) is 11.5 Å². The summed E-state index contributed by atoms with van der Waals surface area (Å²) in [6.45, 7) is 1.11. The smallest absolute Gasteiger partial charge is 0.243 e. The molecule has 8 nitrogen and oxygen atoms in total. The Morgan fingerprint density at radius 3 is 2.55 bits per heavy atom. The highest BCUT2D eigenvalue weighted by molar-refractivity contribution is 7.89. The summed E-state index contributed by atoms with van der Waals surface area (Å²) in [5.74, 6) is 0.924. The Kier molecular flexibility index (Phi) is 6.12. The lowest BCUT2D eigenvalue weighted by atomic mass is 10.1. The molecule has 164 valence electrons. The summed E-state index contributed by atoms with van der Waals surface area (Å²) in [4.78, 5) is 17.2. The molecule has 1 aliphatic rings. The predicted molar refractivity (Wildman–Crippen MR) is 119 cm³/mol. The molecule has 1 amide bonds. The Morgan fingerprint density at radius 2 is 1.84 bits per heavy atom. The van der Waals surface area contributed by atoms with Crippen LogP contribution < -0.4 is 14.8 Å². The molecule has 31 heavy (non-hydrogen) atoms. The number of hydrogen-bond acceptors (Lipinski definition) is 7. The van der Waals surface area contributed by atoms with Crippen molar-refractivity contribution in [1.29, 1.82) is 0 Å². The van der Waals surface area contributed by atoms with E-state index >= 15 is 0 Å². The normalized spacial score (nSPS) is 14.6. The summed E-state index contributed by atoms with van der Waals surface area (Å²) in [5, 5.41) is 3.22. The lowest BCUT2D eigenvalue weighted by Gasteiger charge is -2.15. The first-order valence-electron chi connectivity index (χ1n) is 9.82. The first kappa shape index (κ1) is 21.5. The third-order valence-corrected chi connectivity index (χ3v) is 7.95. The number of fused-ring (bicyclic) bond motifs is 1. The van der Waals surface area contributed by atoms with Crippen molar-refractivity contribution in [2.75, 3.05) is 32.6 Å². The molecule has 0 aliphatic carbocycles. The van der Waals surface area contributed by atoms with Crippen LogP contribution in [0.2, 0.25) is 0 Å². The van der Waals surface area contributed by atoms with E-state index in [2.05, 4.69) is 10.3 Å². The number of benzene rings is 2. The second kappa shape index (κ2) is 8.81. The van der Waals surface area contributed by atoms with Crippen LogP contribution in [0.15, 0.2) is 41.3 Å². The third kappa shape index (κ3) is 4.51. The number of hydrogen-bond donors (Lipinski definition) is 1. The summed E-state index contributed by atoms with van der Waals surface area (Å²) in [6.07, 6.45) is 1.92. The van der Waals surface area contributed by atoms with Crippen LogP contribution >= 0.6 is 11.3 Å². The number of rotatable bonds is 7. The minimum absolute atomic E-state index is 0.144. The van der Waals surface area contributed by atoms with Crippen LogP contribution in [0.5, 0.6) is 11.5 Å². The molecule has 1 N–H and O–H groups in total.